The van der Waals surface area contributed by atoms with Crippen LogP contribution in [0.2, 0.25) is 0 Å². The Morgan fingerprint density at radius 1 is 0.677 bits per heavy atom. The summed E-state index contributed by atoms with van der Waals surface area (Å²) in [6, 6.07) is 17.2. The number of aliphatic hydroxyl groups excluding tert-OH is 6. The summed E-state index contributed by atoms with van der Waals surface area (Å²) in [5, 5.41) is 59.9. The molecule has 0 amide bonds. The molecule has 10 heteroatoms. The lowest BCUT2D eigenvalue weighted by Crippen LogP contribution is -2.45. The molecule has 4 atom stereocenters. The molecule has 0 radical (unpaired) electrons. The fraction of sp³-hybridized carbons (Fsp3) is 0.238. The van der Waals surface area contributed by atoms with Gasteiger partial charge in [-0.3, -0.25) is 0 Å². The molecule has 31 heavy (non-hydrogen) atoms. The molecule has 0 saturated carbocycles. The van der Waals surface area contributed by atoms with Crippen molar-refractivity contribution in [3.8, 4) is 0 Å². The first kappa shape index (κ1) is 26.8. The Bertz CT molecular complexity index is 772. The summed E-state index contributed by atoms with van der Waals surface area (Å²) in [6.07, 6.45) is -5.07. The highest BCUT2D eigenvalue weighted by molar-refractivity contribution is 6.45. The molecule has 0 unspecified atom stereocenters. The zero-order valence-electron chi connectivity index (χ0n) is 15.9. The van der Waals surface area contributed by atoms with Crippen molar-refractivity contribution in [3.05, 3.63) is 83.3 Å². The Hall–Kier alpha value is -2.20. The minimum absolute atomic E-state index is 0.582. The monoisotopic (exact) mass is 478 g/mol. The SMILES string of the molecule is FC(F)(Cl)Cl.OC(=Cc1ccccc1)[C@@H](O)[C@@H](O)[C@H](O)[C@@H](O)C(O)=Cc1ccccc1. The lowest BCUT2D eigenvalue weighted by atomic mass is 9.99. The fourth-order valence-corrected chi connectivity index (χ4v) is 2.33. The summed E-state index contributed by atoms with van der Waals surface area (Å²) in [4.78, 5) is -3.56. The molecule has 6 nitrogen and oxygen atoms in total. The molecule has 6 N–H and O–H groups in total. The lowest BCUT2D eigenvalue weighted by molar-refractivity contribution is -0.0996. The maximum Gasteiger partial charge on any atom is 0.401 e. The highest BCUT2D eigenvalue weighted by Crippen LogP contribution is 2.22. The normalized spacial score (nSPS) is 16.5. The molecule has 0 aliphatic carbocycles. The van der Waals surface area contributed by atoms with Crippen LogP contribution in [-0.4, -0.2) is 59.9 Å². The maximum absolute atomic E-state index is 10.6. The summed E-state index contributed by atoms with van der Waals surface area (Å²) >= 11 is 7.92. The van der Waals surface area contributed by atoms with E-state index in [1.165, 1.54) is 12.2 Å². The van der Waals surface area contributed by atoms with Gasteiger partial charge in [-0.15, -0.1) is 0 Å². The molecule has 0 fully saturated rings. The zero-order chi connectivity index (χ0) is 23.6. The van der Waals surface area contributed by atoms with E-state index >= 15 is 0 Å². The van der Waals surface area contributed by atoms with Gasteiger partial charge in [-0.1, -0.05) is 60.7 Å². The third-order valence-electron chi connectivity index (χ3n) is 3.83. The van der Waals surface area contributed by atoms with Gasteiger partial charge in [0.15, 0.2) is 0 Å². The first-order valence-electron chi connectivity index (χ1n) is 8.79. The molecule has 170 valence electrons. The van der Waals surface area contributed by atoms with Gasteiger partial charge in [-0.05, 0) is 46.5 Å². The zero-order valence-corrected chi connectivity index (χ0v) is 17.4. The van der Waals surface area contributed by atoms with E-state index in [2.05, 4.69) is 23.2 Å². The quantitative estimate of drug-likeness (QED) is 0.267. The predicted octanol–water partition coefficient (Wildman–Crippen LogP) is 3.64. The number of halogens is 4. The fourth-order valence-electron chi connectivity index (χ4n) is 2.33. The van der Waals surface area contributed by atoms with Crippen molar-refractivity contribution in [3.63, 3.8) is 0 Å². The van der Waals surface area contributed by atoms with E-state index < -0.39 is 40.8 Å². The second-order valence-corrected chi connectivity index (χ2v) is 7.40. The lowest BCUT2D eigenvalue weighted by Gasteiger charge is -2.26. The molecule has 2 aromatic carbocycles. The molecule has 0 aromatic heterocycles. The van der Waals surface area contributed by atoms with Gasteiger partial charge in [0.05, 0.1) is 0 Å². The van der Waals surface area contributed by atoms with E-state index in [0.29, 0.717) is 11.1 Å². The standard InChI is InChI=1S/C20H22O6.CCl2F2/c21-15(11-13-7-3-1-4-8-13)17(23)19(25)20(26)18(24)16(22)12-14-9-5-2-6-10-14;2-1(3,4)5/h1-12,17-26H;/t17-,18+,19-,20-;/m1./s1. The van der Waals surface area contributed by atoms with Crippen LogP contribution >= 0.6 is 23.2 Å². The molecule has 0 heterocycles. The van der Waals surface area contributed by atoms with Crippen LogP contribution in [0.3, 0.4) is 0 Å². The average Bonchev–Trinajstić information content (AvgIpc) is 2.71. The van der Waals surface area contributed by atoms with E-state index in [4.69, 9.17) is 0 Å². The molecule has 0 aliphatic rings. The summed E-state index contributed by atoms with van der Waals surface area (Å²) < 4.78 is 21.1. The highest BCUT2D eigenvalue weighted by Gasteiger charge is 2.34. The molecular formula is C21H22Cl2F2O6. The Labute approximate surface area is 187 Å². The van der Waals surface area contributed by atoms with E-state index in [-0.39, 0.29) is 0 Å². The van der Waals surface area contributed by atoms with Crippen molar-refractivity contribution in [2.24, 2.45) is 0 Å². The Kier molecular flexibility index (Phi) is 10.9. The summed E-state index contributed by atoms with van der Waals surface area (Å²) in [5.74, 6) is -1.16. The van der Waals surface area contributed by atoms with E-state index in [1.54, 1.807) is 60.7 Å². The van der Waals surface area contributed by atoms with Gasteiger partial charge in [-0.25, -0.2) is 0 Å². The van der Waals surface area contributed by atoms with Gasteiger partial charge < -0.3 is 30.6 Å². The van der Waals surface area contributed by atoms with Crippen LogP contribution in [0.15, 0.2) is 72.2 Å². The summed E-state index contributed by atoms with van der Waals surface area (Å²) in [5.41, 5.74) is 1.16. The van der Waals surface area contributed by atoms with E-state index in [9.17, 15) is 39.4 Å². The van der Waals surface area contributed by atoms with Crippen molar-refractivity contribution in [1.29, 1.82) is 0 Å². The van der Waals surface area contributed by atoms with Gasteiger partial charge in [0.1, 0.15) is 35.9 Å². The van der Waals surface area contributed by atoms with Crippen LogP contribution < -0.4 is 0 Å². The van der Waals surface area contributed by atoms with Crippen molar-refractivity contribution in [2.45, 2.75) is 29.3 Å². The molecule has 2 aromatic rings. The van der Waals surface area contributed by atoms with Crippen molar-refractivity contribution >= 4 is 35.4 Å². The number of aliphatic hydroxyl groups is 6. The molecular weight excluding hydrogens is 457 g/mol. The second-order valence-electron chi connectivity index (χ2n) is 6.26. The minimum atomic E-state index is -3.56. The summed E-state index contributed by atoms with van der Waals surface area (Å²) in [7, 11) is 0. The van der Waals surface area contributed by atoms with E-state index in [1.807, 2.05) is 0 Å². The molecule has 0 aliphatic heterocycles. The Morgan fingerprint density at radius 2 is 0.935 bits per heavy atom. The Morgan fingerprint density at radius 3 is 1.19 bits per heavy atom. The van der Waals surface area contributed by atoms with Crippen LogP contribution in [0, 0.1) is 0 Å². The largest absolute Gasteiger partial charge is 0.509 e. The van der Waals surface area contributed by atoms with Gasteiger partial charge in [-0.2, -0.15) is 8.78 Å². The van der Waals surface area contributed by atoms with Crippen molar-refractivity contribution in [1.82, 2.24) is 0 Å². The minimum Gasteiger partial charge on any atom is -0.509 e. The molecule has 0 bridgehead atoms. The van der Waals surface area contributed by atoms with Gasteiger partial charge in [0.25, 0.3) is 0 Å². The maximum atomic E-state index is 10.6. The van der Waals surface area contributed by atoms with Gasteiger partial charge >= 0.3 is 4.84 Å². The summed E-state index contributed by atoms with van der Waals surface area (Å²) in [6.45, 7) is 0. The van der Waals surface area contributed by atoms with Crippen LogP contribution in [0.1, 0.15) is 11.1 Å². The number of hydrogen-bond acceptors (Lipinski definition) is 6. The van der Waals surface area contributed by atoms with Crippen LogP contribution in [-0.2, 0) is 0 Å². The number of hydrogen-bond donors (Lipinski definition) is 6. The molecule has 0 spiro atoms. The van der Waals surface area contributed by atoms with Crippen molar-refractivity contribution < 1.29 is 39.4 Å². The molecule has 2 rings (SSSR count). The third kappa shape index (κ3) is 10.6. The van der Waals surface area contributed by atoms with Gasteiger partial charge in [0, 0.05) is 0 Å². The van der Waals surface area contributed by atoms with Gasteiger partial charge in [0.2, 0.25) is 0 Å². The predicted molar refractivity (Wildman–Crippen MR) is 115 cm³/mol. The number of alkyl halides is 4. The van der Waals surface area contributed by atoms with E-state index in [0.717, 1.165) is 0 Å². The second kappa shape index (κ2) is 12.6. The van der Waals surface area contributed by atoms with Crippen LogP contribution in [0.5, 0.6) is 0 Å². The molecule has 0 saturated heterocycles. The average molecular weight is 479 g/mol. The van der Waals surface area contributed by atoms with Crippen molar-refractivity contribution in [2.75, 3.05) is 0 Å². The number of benzene rings is 2. The third-order valence-corrected chi connectivity index (χ3v) is 3.83. The topological polar surface area (TPSA) is 121 Å². The first-order chi connectivity index (χ1) is 14.4. The van der Waals surface area contributed by atoms with Crippen LogP contribution in [0.4, 0.5) is 8.78 Å². The number of rotatable bonds is 7. The Balaban J connectivity index is 0.000000861. The highest BCUT2D eigenvalue weighted by atomic mass is 35.5. The smallest absolute Gasteiger partial charge is 0.401 e. The first-order valence-corrected chi connectivity index (χ1v) is 9.55. The van der Waals surface area contributed by atoms with Crippen LogP contribution in [0.25, 0.3) is 12.2 Å².